The van der Waals surface area contributed by atoms with Gasteiger partial charge in [0, 0.05) is 11.5 Å². The number of fused-ring (bicyclic) bond motifs is 5. The van der Waals surface area contributed by atoms with Crippen LogP contribution in [0.15, 0.2) is 27.6 Å². The zero-order valence-electron chi connectivity index (χ0n) is 17.5. The minimum Gasteiger partial charge on any atom is -0.431 e. The Morgan fingerprint density at radius 1 is 1.07 bits per heavy atom. The van der Waals surface area contributed by atoms with Crippen LogP contribution in [0.25, 0.3) is 0 Å². The molecule has 2 unspecified atom stereocenters. The number of aliphatic hydroxyl groups is 3. The molecule has 1 heterocycles. The van der Waals surface area contributed by atoms with E-state index < -0.39 is 17.1 Å². The first kappa shape index (κ1) is 19.8. The third-order valence-corrected chi connectivity index (χ3v) is 9.89. The van der Waals surface area contributed by atoms with Crippen LogP contribution in [0.3, 0.4) is 0 Å². The smallest absolute Gasteiger partial charge is 0.335 e. The highest BCUT2D eigenvalue weighted by atomic mass is 16.4. The van der Waals surface area contributed by atoms with Gasteiger partial charge >= 0.3 is 5.63 Å². The first-order chi connectivity index (χ1) is 13.7. The standard InChI is InChI=1S/C24H34O5/c1-22-9-7-16(25)11-15(22)4-5-18-21(22)19(26)12-23(2)17(8-10-24(18,23)28)14-3-6-20(27)29-13-14/h3,6,13,15-19,21,25-26,28H,4-5,7-12H2,1-2H3/t15-,16+,17-,18-,19?,21?,22+,23-,24-/m1/s1. The molecule has 29 heavy (non-hydrogen) atoms. The van der Waals surface area contributed by atoms with E-state index in [2.05, 4.69) is 13.8 Å². The monoisotopic (exact) mass is 402 g/mol. The maximum Gasteiger partial charge on any atom is 0.335 e. The van der Waals surface area contributed by atoms with Gasteiger partial charge in [0.25, 0.3) is 0 Å². The quantitative estimate of drug-likeness (QED) is 0.671. The summed E-state index contributed by atoms with van der Waals surface area (Å²) in [4.78, 5) is 11.4. The lowest BCUT2D eigenvalue weighted by atomic mass is 9.42. The van der Waals surface area contributed by atoms with Crippen LogP contribution >= 0.6 is 0 Å². The van der Waals surface area contributed by atoms with Gasteiger partial charge in [0.15, 0.2) is 0 Å². The molecule has 0 amide bonds. The first-order valence-corrected chi connectivity index (χ1v) is 11.4. The lowest BCUT2D eigenvalue weighted by Gasteiger charge is -2.65. The Labute approximate surface area is 172 Å². The van der Waals surface area contributed by atoms with Crippen LogP contribution in [-0.4, -0.2) is 33.1 Å². The van der Waals surface area contributed by atoms with Crippen molar-refractivity contribution in [3.05, 3.63) is 34.4 Å². The largest absolute Gasteiger partial charge is 0.431 e. The highest BCUT2D eigenvalue weighted by Crippen LogP contribution is 2.70. The molecule has 1 aromatic heterocycles. The van der Waals surface area contributed by atoms with Crippen molar-refractivity contribution in [1.29, 1.82) is 0 Å². The molecular formula is C24H34O5. The molecule has 0 radical (unpaired) electrons. The molecule has 160 valence electrons. The van der Waals surface area contributed by atoms with Crippen molar-refractivity contribution in [2.45, 2.75) is 88.9 Å². The Morgan fingerprint density at radius 2 is 1.86 bits per heavy atom. The second-order valence-electron chi connectivity index (χ2n) is 10.9. The molecule has 5 nitrogen and oxygen atoms in total. The summed E-state index contributed by atoms with van der Waals surface area (Å²) in [7, 11) is 0. The van der Waals surface area contributed by atoms with Gasteiger partial charge in [-0.25, -0.2) is 4.79 Å². The number of aliphatic hydroxyl groups excluding tert-OH is 2. The van der Waals surface area contributed by atoms with E-state index in [1.54, 1.807) is 6.26 Å². The summed E-state index contributed by atoms with van der Waals surface area (Å²) in [6.45, 7) is 4.43. The topological polar surface area (TPSA) is 90.9 Å². The van der Waals surface area contributed by atoms with Crippen LogP contribution in [0.2, 0.25) is 0 Å². The fourth-order valence-electron chi connectivity index (χ4n) is 8.41. The van der Waals surface area contributed by atoms with Crippen molar-refractivity contribution < 1.29 is 19.7 Å². The molecule has 9 atom stereocenters. The number of rotatable bonds is 1. The van der Waals surface area contributed by atoms with Gasteiger partial charge in [0.1, 0.15) is 0 Å². The molecule has 1 aromatic rings. The molecule has 5 rings (SSSR count). The summed E-state index contributed by atoms with van der Waals surface area (Å²) >= 11 is 0. The average Bonchev–Trinajstić information content (AvgIpc) is 2.94. The van der Waals surface area contributed by atoms with Crippen molar-refractivity contribution in [3.8, 4) is 0 Å². The SMILES string of the molecule is C[C@]12CC[C@H](O)C[C@H]1CC[C@@H]1C2C(O)C[C@]2(C)[C@@H](c3ccc(=O)oc3)CC[C@@]12O. The van der Waals surface area contributed by atoms with Crippen LogP contribution in [0.4, 0.5) is 0 Å². The van der Waals surface area contributed by atoms with E-state index in [0.29, 0.717) is 12.3 Å². The second kappa shape index (κ2) is 6.41. The van der Waals surface area contributed by atoms with Gasteiger partial charge < -0.3 is 19.7 Å². The number of hydrogen-bond acceptors (Lipinski definition) is 5. The van der Waals surface area contributed by atoms with E-state index in [4.69, 9.17) is 4.42 Å². The Bertz CT molecular complexity index is 829. The summed E-state index contributed by atoms with van der Waals surface area (Å²) in [6, 6.07) is 3.28. The summed E-state index contributed by atoms with van der Waals surface area (Å²) in [5.74, 6) is 0.662. The minimum atomic E-state index is -0.818. The summed E-state index contributed by atoms with van der Waals surface area (Å²) in [6.07, 6.45) is 7.49. The molecule has 5 heteroatoms. The predicted molar refractivity (Wildman–Crippen MR) is 108 cm³/mol. The van der Waals surface area contributed by atoms with Gasteiger partial charge in [-0.05, 0) is 92.1 Å². The fraction of sp³-hybridized carbons (Fsp3) is 0.792. The maximum atomic E-state index is 12.2. The molecule has 4 saturated carbocycles. The molecule has 0 saturated heterocycles. The second-order valence-corrected chi connectivity index (χ2v) is 10.9. The average molecular weight is 403 g/mol. The fourth-order valence-corrected chi connectivity index (χ4v) is 8.41. The van der Waals surface area contributed by atoms with Gasteiger partial charge in [-0.2, -0.15) is 0 Å². The Morgan fingerprint density at radius 3 is 2.59 bits per heavy atom. The third-order valence-electron chi connectivity index (χ3n) is 9.89. The molecule has 0 bridgehead atoms. The Balaban J connectivity index is 1.52. The van der Waals surface area contributed by atoms with Crippen molar-refractivity contribution in [2.24, 2.45) is 28.6 Å². The normalized spacial score (nSPS) is 51.8. The molecule has 0 aliphatic heterocycles. The molecule has 4 fully saturated rings. The van der Waals surface area contributed by atoms with Crippen LogP contribution in [0.1, 0.15) is 76.7 Å². The molecule has 0 aromatic carbocycles. The lowest BCUT2D eigenvalue weighted by molar-refractivity contribution is -0.239. The van der Waals surface area contributed by atoms with E-state index in [1.807, 2.05) is 6.07 Å². The summed E-state index contributed by atoms with van der Waals surface area (Å²) < 4.78 is 5.14. The van der Waals surface area contributed by atoms with E-state index in [9.17, 15) is 20.1 Å². The molecule has 4 aliphatic carbocycles. The van der Waals surface area contributed by atoms with E-state index in [1.165, 1.54) is 6.07 Å². The highest BCUT2D eigenvalue weighted by molar-refractivity contribution is 5.28. The van der Waals surface area contributed by atoms with Gasteiger partial charge in [0.2, 0.25) is 0 Å². The Hall–Kier alpha value is -1.17. The lowest BCUT2D eigenvalue weighted by Crippen LogP contribution is -2.66. The summed E-state index contributed by atoms with van der Waals surface area (Å²) in [5, 5.41) is 33.8. The highest BCUT2D eigenvalue weighted by Gasteiger charge is 2.69. The summed E-state index contributed by atoms with van der Waals surface area (Å²) in [5.41, 5.74) is -0.681. The van der Waals surface area contributed by atoms with E-state index in [0.717, 1.165) is 50.5 Å². The molecule has 3 N–H and O–H groups in total. The van der Waals surface area contributed by atoms with Crippen LogP contribution < -0.4 is 5.63 Å². The van der Waals surface area contributed by atoms with Gasteiger partial charge in [-0.1, -0.05) is 13.8 Å². The van der Waals surface area contributed by atoms with Gasteiger partial charge in [0.05, 0.1) is 24.1 Å². The third kappa shape index (κ3) is 2.60. The van der Waals surface area contributed by atoms with Gasteiger partial charge in [-0.15, -0.1) is 0 Å². The zero-order chi connectivity index (χ0) is 20.6. The predicted octanol–water partition coefficient (Wildman–Crippen LogP) is 3.21. The van der Waals surface area contributed by atoms with Crippen molar-refractivity contribution in [1.82, 2.24) is 0 Å². The Kier molecular flexibility index (Phi) is 4.37. The minimum absolute atomic E-state index is 0.0176. The van der Waals surface area contributed by atoms with E-state index >= 15 is 0 Å². The van der Waals surface area contributed by atoms with E-state index in [-0.39, 0.29) is 34.9 Å². The molecule has 0 spiro atoms. The maximum absolute atomic E-state index is 12.2. The van der Waals surface area contributed by atoms with Crippen molar-refractivity contribution in [3.63, 3.8) is 0 Å². The van der Waals surface area contributed by atoms with Crippen molar-refractivity contribution in [2.75, 3.05) is 0 Å². The van der Waals surface area contributed by atoms with Gasteiger partial charge in [-0.3, -0.25) is 0 Å². The zero-order valence-corrected chi connectivity index (χ0v) is 17.5. The molecule has 4 aliphatic rings. The molecular weight excluding hydrogens is 368 g/mol. The van der Waals surface area contributed by atoms with Crippen LogP contribution in [-0.2, 0) is 0 Å². The number of hydrogen-bond donors (Lipinski definition) is 3. The van der Waals surface area contributed by atoms with Crippen LogP contribution in [0.5, 0.6) is 0 Å². The first-order valence-electron chi connectivity index (χ1n) is 11.4. The van der Waals surface area contributed by atoms with Crippen LogP contribution in [0, 0.1) is 28.6 Å². The van der Waals surface area contributed by atoms with Crippen molar-refractivity contribution >= 4 is 0 Å².